The molecule has 6 heteroatoms. The molecule has 0 radical (unpaired) electrons. The Hall–Kier alpha value is -0.450. The van der Waals surface area contributed by atoms with Crippen LogP contribution in [0.2, 0.25) is 10.2 Å². The van der Waals surface area contributed by atoms with Gasteiger partial charge in [0.05, 0.1) is 11.6 Å². The summed E-state index contributed by atoms with van der Waals surface area (Å²) in [6.07, 6.45) is -2.72. The topological polar surface area (TPSA) is 33.1 Å². The molecule has 1 rings (SSSR count). The van der Waals surface area contributed by atoms with Gasteiger partial charge in [-0.15, -0.1) is 0 Å². The van der Waals surface area contributed by atoms with E-state index in [1.54, 1.807) is 0 Å². The minimum Gasteiger partial charge on any atom is -0.392 e. The van der Waals surface area contributed by atoms with Gasteiger partial charge in [-0.25, -0.2) is 13.8 Å². The molecule has 0 fully saturated rings. The van der Waals surface area contributed by atoms with E-state index in [4.69, 9.17) is 28.3 Å². The third-order valence-electron chi connectivity index (χ3n) is 1.42. The Morgan fingerprint density at radius 2 is 2.08 bits per heavy atom. The second kappa shape index (κ2) is 4.17. The Bertz CT molecular complexity index is 296. The molecule has 0 aliphatic carbocycles. The van der Waals surface area contributed by atoms with Gasteiger partial charge in [0, 0.05) is 5.56 Å². The van der Waals surface area contributed by atoms with Crippen molar-refractivity contribution in [3.63, 3.8) is 0 Å². The lowest BCUT2D eigenvalue weighted by atomic mass is 10.2. The first-order chi connectivity index (χ1) is 6.06. The van der Waals surface area contributed by atoms with Crippen molar-refractivity contribution in [1.82, 2.24) is 4.98 Å². The molecule has 1 aromatic rings. The van der Waals surface area contributed by atoms with Crippen LogP contribution in [0, 0.1) is 0 Å². The largest absolute Gasteiger partial charge is 0.392 e. The Balaban J connectivity index is 3.20. The van der Waals surface area contributed by atoms with Gasteiger partial charge in [0.2, 0.25) is 0 Å². The fourth-order valence-electron chi connectivity index (χ4n) is 0.781. The minimum absolute atomic E-state index is 0.00204. The molecular weight excluding hydrogens is 223 g/mol. The van der Waals surface area contributed by atoms with Crippen molar-refractivity contribution < 1.29 is 13.9 Å². The van der Waals surface area contributed by atoms with E-state index in [-0.39, 0.29) is 15.7 Å². The Kier molecular flexibility index (Phi) is 3.41. The molecule has 2 nitrogen and oxygen atoms in total. The van der Waals surface area contributed by atoms with Gasteiger partial charge in [-0.2, -0.15) is 0 Å². The monoisotopic (exact) mass is 227 g/mol. The SMILES string of the molecule is OCc1c(Cl)cc(C(F)F)nc1Cl. The number of aliphatic hydroxyl groups excluding tert-OH is 1. The Morgan fingerprint density at radius 3 is 2.46 bits per heavy atom. The van der Waals surface area contributed by atoms with Crippen LogP contribution in [0.1, 0.15) is 17.7 Å². The van der Waals surface area contributed by atoms with Gasteiger partial charge in [0.1, 0.15) is 10.8 Å². The number of rotatable bonds is 2. The van der Waals surface area contributed by atoms with E-state index in [2.05, 4.69) is 4.98 Å². The summed E-state index contributed by atoms with van der Waals surface area (Å²) in [6, 6.07) is 0.990. The third kappa shape index (κ3) is 2.27. The Labute approximate surface area is 83.1 Å². The highest BCUT2D eigenvalue weighted by molar-refractivity contribution is 6.35. The van der Waals surface area contributed by atoms with E-state index in [0.29, 0.717) is 0 Å². The summed E-state index contributed by atoms with van der Waals surface area (Å²) in [5.74, 6) is 0. The number of hydrogen-bond donors (Lipinski definition) is 1. The molecule has 0 aromatic carbocycles. The predicted molar refractivity (Wildman–Crippen MR) is 45.1 cm³/mol. The van der Waals surface area contributed by atoms with Crippen LogP contribution in [0.15, 0.2) is 6.07 Å². The summed E-state index contributed by atoms with van der Waals surface area (Å²) in [4.78, 5) is 3.38. The molecule has 0 unspecified atom stereocenters. The van der Waals surface area contributed by atoms with Crippen LogP contribution in [0.25, 0.3) is 0 Å². The van der Waals surface area contributed by atoms with Crippen LogP contribution in [0.4, 0.5) is 8.78 Å². The van der Waals surface area contributed by atoms with Crippen molar-refractivity contribution in [2.24, 2.45) is 0 Å². The van der Waals surface area contributed by atoms with Gasteiger partial charge in [-0.1, -0.05) is 23.2 Å². The van der Waals surface area contributed by atoms with Crippen molar-refractivity contribution in [1.29, 1.82) is 0 Å². The molecule has 1 heterocycles. The maximum atomic E-state index is 12.1. The van der Waals surface area contributed by atoms with Crippen LogP contribution in [-0.2, 0) is 6.61 Å². The highest BCUT2D eigenvalue weighted by atomic mass is 35.5. The van der Waals surface area contributed by atoms with Crippen molar-refractivity contribution >= 4 is 23.2 Å². The van der Waals surface area contributed by atoms with Crippen molar-refractivity contribution in [3.05, 3.63) is 27.5 Å². The standard InChI is InChI=1S/C7H5Cl2F2NO/c8-4-1-5(7(10)11)12-6(9)3(4)2-13/h1,7,13H,2H2. The zero-order valence-corrected chi connectivity index (χ0v) is 7.78. The number of aromatic nitrogens is 1. The fraction of sp³-hybridized carbons (Fsp3) is 0.286. The number of nitrogens with zero attached hydrogens (tertiary/aromatic N) is 1. The first kappa shape index (κ1) is 10.6. The average molecular weight is 228 g/mol. The zero-order valence-electron chi connectivity index (χ0n) is 6.27. The van der Waals surface area contributed by atoms with Gasteiger partial charge < -0.3 is 5.11 Å². The average Bonchev–Trinajstić information content (AvgIpc) is 2.03. The predicted octanol–water partition coefficient (Wildman–Crippen LogP) is 2.82. The number of aliphatic hydroxyl groups is 1. The highest BCUT2D eigenvalue weighted by Crippen LogP contribution is 2.27. The van der Waals surface area contributed by atoms with Crippen molar-refractivity contribution in [2.45, 2.75) is 13.0 Å². The van der Waals surface area contributed by atoms with Crippen LogP contribution < -0.4 is 0 Å². The molecule has 1 N–H and O–H groups in total. The van der Waals surface area contributed by atoms with E-state index in [9.17, 15) is 8.78 Å². The van der Waals surface area contributed by atoms with Crippen LogP contribution >= 0.6 is 23.2 Å². The maximum absolute atomic E-state index is 12.1. The zero-order chi connectivity index (χ0) is 10.0. The number of alkyl halides is 2. The van der Waals surface area contributed by atoms with Crippen LogP contribution in [0.3, 0.4) is 0 Å². The van der Waals surface area contributed by atoms with E-state index in [1.165, 1.54) is 0 Å². The molecular formula is C7H5Cl2F2NO. The molecule has 0 atom stereocenters. The summed E-state index contributed by atoms with van der Waals surface area (Å²) in [5, 5.41) is 8.54. The summed E-state index contributed by atoms with van der Waals surface area (Å²) in [5.41, 5.74) is -0.333. The van der Waals surface area contributed by atoms with Crippen LogP contribution in [0.5, 0.6) is 0 Å². The van der Waals surface area contributed by atoms with Gasteiger partial charge in [-0.05, 0) is 6.07 Å². The molecule has 0 aliphatic heterocycles. The molecule has 0 bridgehead atoms. The van der Waals surface area contributed by atoms with E-state index in [1.807, 2.05) is 0 Å². The first-order valence-electron chi connectivity index (χ1n) is 3.30. The van der Waals surface area contributed by atoms with E-state index >= 15 is 0 Å². The second-order valence-electron chi connectivity index (χ2n) is 2.26. The lowest BCUT2D eigenvalue weighted by molar-refractivity contribution is 0.146. The first-order valence-corrected chi connectivity index (χ1v) is 4.05. The lowest BCUT2D eigenvalue weighted by Crippen LogP contribution is -1.96. The third-order valence-corrected chi connectivity index (χ3v) is 2.07. The summed E-state index contributed by atoms with van der Waals surface area (Å²) < 4.78 is 24.2. The smallest absolute Gasteiger partial charge is 0.280 e. The molecule has 0 saturated carbocycles. The van der Waals surface area contributed by atoms with E-state index in [0.717, 1.165) is 6.07 Å². The maximum Gasteiger partial charge on any atom is 0.280 e. The van der Waals surface area contributed by atoms with Gasteiger partial charge >= 0.3 is 0 Å². The quantitative estimate of drug-likeness (QED) is 0.789. The molecule has 13 heavy (non-hydrogen) atoms. The van der Waals surface area contributed by atoms with Crippen molar-refractivity contribution in [2.75, 3.05) is 0 Å². The normalized spacial score (nSPS) is 10.9. The van der Waals surface area contributed by atoms with Gasteiger partial charge in [0.25, 0.3) is 6.43 Å². The number of halogens is 4. The minimum atomic E-state index is -2.72. The summed E-state index contributed by atoms with van der Waals surface area (Å²) in [7, 11) is 0. The summed E-state index contributed by atoms with van der Waals surface area (Å²) in [6.45, 7) is -0.422. The molecule has 1 aromatic heterocycles. The van der Waals surface area contributed by atoms with Gasteiger partial charge in [-0.3, -0.25) is 0 Å². The van der Waals surface area contributed by atoms with Crippen molar-refractivity contribution in [3.8, 4) is 0 Å². The molecule has 0 spiro atoms. The number of hydrogen-bond acceptors (Lipinski definition) is 2. The van der Waals surface area contributed by atoms with E-state index < -0.39 is 18.7 Å². The molecule has 0 aliphatic rings. The Morgan fingerprint density at radius 1 is 1.46 bits per heavy atom. The molecule has 0 saturated heterocycles. The fourth-order valence-corrected chi connectivity index (χ4v) is 1.35. The second-order valence-corrected chi connectivity index (χ2v) is 3.02. The molecule has 72 valence electrons. The lowest BCUT2D eigenvalue weighted by Gasteiger charge is -2.05. The molecule has 0 amide bonds. The summed E-state index contributed by atoms with van der Waals surface area (Å²) >= 11 is 11.1. The highest BCUT2D eigenvalue weighted by Gasteiger charge is 2.14. The van der Waals surface area contributed by atoms with Crippen LogP contribution in [-0.4, -0.2) is 10.1 Å². The van der Waals surface area contributed by atoms with Gasteiger partial charge in [0.15, 0.2) is 0 Å². The number of pyridine rings is 1.